The SMILES string of the molecule is CC(C)(C)c1ccc(O)c(NC(=O)[C@H]2CCCN2S(=O)(=O)c2ccc(F)cc2)c1. The van der Waals surface area contributed by atoms with Crippen LogP contribution in [0.15, 0.2) is 47.4 Å². The molecule has 29 heavy (non-hydrogen) atoms. The molecule has 0 radical (unpaired) electrons. The fourth-order valence-electron chi connectivity index (χ4n) is 3.35. The lowest BCUT2D eigenvalue weighted by molar-refractivity contribution is -0.119. The van der Waals surface area contributed by atoms with Crippen molar-refractivity contribution in [2.75, 3.05) is 11.9 Å². The topological polar surface area (TPSA) is 86.7 Å². The van der Waals surface area contributed by atoms with Crippen LogP contribution in [0.25, 0.3) is 0 Å². The Bertz CT molecular complexity index is 1010. The van der Waals surface area contributed by atoms with Gasteiger partial charge in [0.05, 0.1) is 10.6 Å². The number of phenols is 1. The average Bonchev–Trinajstić information content (AvgIpc) is 3.14. The largest absolute Gasteiger partial charge is 0.506 e. The number of nitrogens with zero attached hydrogens (tertiary/aromatic N) is 1. The molecule has 8 heteroatoms. The molecule has 2 aromatic carbocycles. The van der Waals surface area contributed by atoms with Crippen molar-refractivity contribution < 1.29 is 22.7 Å². The predicted octanol–water partition coefficient (Wildman–Crippen LogP) is 3.62. The van der Waals surface area contributed by atoms with E-state index in [1.165, 1.54) is 18.2 Å². The predicted molar refractivity (Wildman–Crippen MR) is 109 cm³/mol. The van der Waals surface area contributed by atoms with E-state index in [1.54, 1.807) is 12.1 Å². The molecule has 0 aliphatic carbocycles. The molecule has 6 nitrogen and oxygen atoms in total. The molecule has 0 saturated carbocycles. The summed E-state index contributed by atoms with van der Waals surface area (Å²) in [5.41, 5.74) is 0.986. The molecule has 1 saturated heterocycles. The molecule has 1 fully saturated rings. The first-order chi connectivity index (χ1) is 13.5. The van der Waals surface area contributed by atoms with Gasteiger partial charge in [-0.1, -0.05) is 26.8 Å². The van der Waals surface area contributed by atoms with Gasteiger partial charge in [0.1, 0.15) is 17.6 Å². The number of carbonyl (C=O) groups is 1. The van der Waals surface area contributed by atoms with Crippen LogP contribution in [-0.2, 0) is 20.2 Å². The van der Waals surface area contributed by atoms with Gasteiger partial charge in [-0.25, -0.2) is 12.8 Å². The summed E-state index contributed by atoms with van der Waals surface area (Å²) in [6.45, 7) is 6.24. The van der Waals surface area contributed by atoms with E-state index in [9.17, 15) is 22.7 Å². The second kappa shape index (κ2) is 7.76. The molecule has 1 atom stereocenters. The Morgan fingerprint density at radius 1 is 1.17 bits per heavy atom. The van der Waals surface area contributed by atoms with Gasteiger partial charge in [-0.05, 0) is 60.2 Å². The van der Waals surface area contributed by atoms with Crippen LogP contribution in [0.4, 0.5) is 10.1 Å². The number of hydrogen-bond donors (Lipinski definition) is 2. The standard InChI is InChI=1S/C21H25FN2O4S/c1-21(2,3)14-6-11-19(25)17(13-14)23-20(26)18-5-4-12-24(18)29(27,28)16-9-7-15(22)8-10-16/h6-11,13,18,25H,4-5,12H2,1-3H3,(H,23,26)/t18-/m1/s1. The number of hydrogen-bond acceptors (Lipinski definition) is 4. The Hall–Kier alpha value is -2.45. The maximum absolute atomic E-state index is 13.2. The molecule has 1 aliphatic rings. The second-order valence-corrected chi connectivity index (χ2v) is 10.1. The minimum Gasteiger partial charge on any atom is -0.506 e. The quantitative estimate of drug-likeness (QED) is 0.740. The van der Waals surface area contributed by atoms with Gasteiger partial charge >= 0.3 is 0 Å². The number of sulfonamides is 1. The van der Waals surface area contributed by atoms with E-state index in [0.717, 1.165) is 22.0 Å². The van der Waals surface area contributed by atoms with Crippen molar-refractivity contribution in [2.45, 2.75) is 50.0 Å². The maximum atomic E-state index is 13.2. The van der Waals surface area contributed by atoms with Crippen molar-refractivity contribution in [2.24, 2.45) is 0 Å². The molecule has 1 amide bonds. The van der Waals surface area contributed by atoms with Crippen molar-refractivity contribution in [1.82, 2.24) is 4.31 Å². The molecule has 156 valence electrons. The van der Waals surface area contributed by atoms with E-state index >= 15 is 0 Å². The Morgan fingerprint density at radius 3 is 2.45 bits per heavy atom. The lowest BCUT2D eigenvalue weighted by Crippen LogP contribution is -2.43. The van der Waals surface area contributed by atoms with E-state index in [1.807, 2.05) is 20.8 Å². The molecule has 3 rings (SSSR count). The highest BCUT2D eigenvalue weighted by Gasteiger charge is 2.39. The Morgan fingerprint density at radius 2 is 1.83 bits per heavy atom. The highest BCUT2D eigenvalue weighted by molar-refractivity contribution is 7.89. The number of halogens is 1. The number of rotatable bonds is 4. The number of carbonyl (C=O) groups excluding carboxylic acids is 1. The zero-order valence-corrected chi connectivity index (χ0v) is 17.5. The lowest BCUT2D eigenvalue weighted by Gasteiger charge is -2.24. The Balaban J connectivity index is 1.85. The fraction of sp³-hybridized carbons (Fsp3) is 0.381. The number of anilines is 1. The van der Waals surface area contributed by atoms with Gasteiger partial charge in [0.25, 0.3) is 0 Å². The third-order valence-corrected chi connectivity index (χ3v) is 6.97. The van der Waals surface area contributed by atoms with Crippen LogP contribution in [0, 0.1) is 5.82 Å². The third-order valence-electron chi connectivity index (χ3n) is 5.05. The van der Waals surface area contributed by atoms with Gasteiger partial charge in [-0.2, -0.15) is 4.31 Å². The lowest BCUT2D eigenvalue weighted by atomic mass is 9.87. The van der Waals surface area contributed by atoms with Gasteiger partial charge in [0, 0.05) is 6.54 Å². The fourth-order valence-corrected chi connectivity index (χ4v) is 5.01. The number of benzene rings is 2. The van der Waals surface area contributed by atoms with Crippen LogP contribution in [0.3, 0.4) is 0 Å². The summed E-state index contributed by atoms with van der Waals surface area (Å²) in [4.78, 5) is 12.8. The van der Waals surface area contributed by atoms with Crippen LogP contribution >= 0.6 is 0 Å². The molecule has 0 bridgehead atoms. The first-order valence-electron chi connectivity index (χ1n) is 9.42. The molecular weight excluding hydrogens is 395 g/mol. The molecule has 0 aromatic heterocycles. The molecule has 2 N–H and O–H groups in total. The summed E-state index contributed by atoms with van der Waals surface area (Å²) in [7, 11) is -3.94. The zero-order valence-electron chi connectivity index (χ0n) is 16.6. The molecule has 1 aliphatic heterocycles. The van der Waals surface area contributed by atoms with Crippen molar-refractivity contribution in [3.05, 3.63) is 53.8 Å². The van der Waals surface area contributed by atoms with Crippen LogP contribution in [0.5, 0.6) is 5.75 Å². The van der Waals surface area contributed by atoms with E-state index in [4.69, 9.17) is 0 Å². The number of phenolic OH excluding ortho intramolecular Hbond substituents is 1. The summed E-state index contributed by atoms with van der Waals surface area (Å²) in [5.74, 6) is -1.12. The number of aromatic hydroxyl groups is 1. The van der Waals surface area contributed by atoms with Gasteiger partial charge in [-0.15, -0.1) is 0 Å². The van der Waals surface area contributed by atoms with Crippen molar-refractivity contribution in [3.8, 4) is 5.75 Å². The van der Waals surface area contributed by atoms with Crippen LogP contribution in [-0.4, -0.2) is 36.3 Å². The van der Waals surface area contributed by atoms with E-state index in [0.29, 0.717) is 12.8 Å². The minimum absolute atomic E-state index is 0.0591. The van der Waals surface area contributed by atoms with Crippen LogP contribution < -0.4 is 5.32 Å². The number of amides is 1. The van der Waals surface area contributed by atoms with Crippen LogP contribution in [0.1, 0.15) is 39.2 Å². The average molecular weight is 421 g/mol. The Kier molecular flexibility index (Phi) is 5.69. The van der Waals surface area contributed by atoms with Gasteiger partial charge < -0.3 is 10.4 Å². The molecule has 0 spiro atoms. The molecular formula is C21H25FN2O4S. The van der Waals surface area contributed by atoms with Crippen molar-refractivity contribution in [3.63, 3.8) is 0 Å². The van der Waals surface area contributed by atoms with Crippen LogP contribution in [0.2, 0.25) is 0 Å². The third kappa shape index (κ3) is 4.43. The summed E-state index contributed by atoms with van der Waals surface area (Å²) >= 11 is 0. The van der Waals surface area contributed by atoms with Crippen molar-refractivity contribution >= 4 is 21.6 Å². The number of nitrogens with one attached hydrogen (secondary N) is 1. The Labute approximate surface area is 170 Å². The van der Waals surface area contributed by atoms with E-state index in [2.05, 4.69) is 5.32 Å². The highest BCUT2D eigenvalue weighted by atomic mass is 32.2. The highest BCUT2D eigenvalue weighted by Crippen LogP contribution is 2.32. The first kappa shape index (κ1) is 21.3. The summed E-state index contributed by atoms with van der Waals surface area (Å²) in [6.07, 6.45) is 0.901. The maximum Gasteiger partial charge on any atom is 0.243 e. The summed E-state index contributed by atoms with van der Waals surface area (Å²) in [6, 6.07) is 8.63. The monoisotopic (exact) mass is 420 g/mol. The summed E-state index contributed by atoms with van der Waals surface area (Å²) in [5, 5.41) is 12.8. The van der Waals surface area contributed by atoms with E-state index in [-0.39, 0.29) is 28.3 Å². The van der Waals surface area contributed by atoms with Crippen molar-refractivity contribution in [1.29, 1.82) is 0 Å². The normalized spacial score (nSPS) is 18.0. The van der Waals surface area contributed by atoms with Gasteiger partial charge in [0.2, 0.25) is 15.9 Å². The summed E-state index contributed by atoms with van der Waals surface area (Å²) < 4.78 is 40.2. The van der Waals surface area contributed by atoms with E-state index < -0.39 is 27.8 Å². The second-order valence-electron chi connectivity index (χ2n) is 8.20. The minimum atomic E-state index is -3.94. The van der Waals surface area contributed by atoms with Gasteiger partial charge in [0.15, 0.2) is 0 Å². The molecule has 1 heterocycles. The van der Waals surface area contributed by atoms with Gasteiger partial charge in [-0.3, -0.25) is 4.79 Å². The smallest absolute Gasteiger partial charge is 0.243 e. The first-order valence-corrected chi connectivity index (χ1v) is 10.9. The molecule has 0 unspecified atom stereocenters. The molecule has 2 aromatic rings. The zero-order chi connectivity index (χ0) is 21.4.